The number of esters is 1. The van der Waals surface area contributed by atoms with Gasteiger partial charge in [-0.25, -0.2) is 19.3 Å². The van der Waals surface area contributed by atoms with Crippen molar-refractivity contribution in [3.63, 3.8) is 0 Å². The van der Waals surface area contributed by atoms with Crippen LogP contribution in [0.4, 0.5) is 4.79 Å². The second-order valence-corrected chi connectivity index (χ2v) is 9.43. The van der Waals surface area contributed by atoms with Gasteiger partial charge >= 0.3 is 18.0 Å². The smallest absolute Gasteiger partial charge is 0.409 e. The summed E-state index contributed by atoms with van der Waals surface area (Å²) in [6.07, 6.45) is 1.58. The topological polar surface area (TPSA) is 240 Å². The number of amides is 2. The van der Waals surface area contributed by atoms with E-state index in [1.54, 1.807) is 0 Å². The van der Waals surface area contributed by atoms with Gasteiger partial charge in [0.25, 0.3) is 0 Å². The zero-order valence-corrected chi connectivity index (χ0v) is 23.4. The number of aliphatic carboxylic acids is 1. The SMILES string of the molecule is O=C(NCCCCC(NC(CCc1ccccc1)C(=O)O)C(=O)N1CCCC1C(=O)OCCON(O)O)OCON(O)O. The van der Waals surface area contributed by atoms with Crippen molar-refractivity contribution < 1.29 is 64.3 Å². The lowest BCUT2D eigenvalue weighted by Crippen LogP contribution is -2.54. The van der Waals surface area contributed by atoms with Crippen LogP contribution in [0.15, 0.2) is 30.3 Å². The van der Waals surface area contributed by atoms with Gasteiger partial charge in [0.1, 0.15) is 25.3 Å². The number of alkyl carbamates (subject to hydrolysis) is 1. The van der Waals surface area contributed by atoms with Crippen LogP contribution in [0, 0.1) is 0 Å². The lowest BCUT2D eigenvalue weighted by atomic mass is 10.0. The van der Waals surface area contributed by atoms with Crippen LogP contribution in [-0.4, -0.2) is 117 Å². The molecule has 0 radical (unpaired) electrons. The summed E-state index contributed by atoms with van der Waals surface area (Å²) in [6, 6.07) is 6.35. The summed E-state index contributed by atoms with van der Waals surface area (Å²) in [6.45, 7) is -0.979. The molecular weight excluding hydrogens is 578 g/mol. The molecule has 43 heavy (non-hydrogen) atoms. The highest BCUT2D eigenvalue weighted by atomic mass is 17.1. The maximum Gasteiger partial charge on any atom is 0.409 e. The summed E-state index contributed by atoms with van der Waals surface area (Å²) < 4.78 is 9.67. The van der Waals surface area contributed by atoms with Crippen molar-refractivity contribution >= 4 is 23.9 Å². The monoisotopic (exact) mass is 617 g/mol. The Balaban J connectivity index is 2.01. The molecule has 3 unspecified atom stereocenters. The number of carboxylic acids is 1. The predicted molar refractivity (Wildman–Crippen MR) is 140 cm³/mol. The van der Waals surface area contributed by atoms with E-state index in [1.165, 1.54) is 4.90 Å². The fourth-order valence-electron chi connectivity index (χ4n) is 4.43. The Labute approximate surface area is 247 Å². The Morgan fingerprint density at radius 3 is 2.33 bits per heavy atom. The van der Waals surface area contributed by atoms with E-state index in [9.17, 15) is 24.3 Å². The van der Waals surface area contributed by atoms with E-state index in [-0.39, 0.29) is 39.1 Å². The molecule has 3 atom stereocenters. The highest BCUT2D eigenvalue weighted by Crippen LogP contribution is 2.21. The summed E-state index contributed by atoms with van der Waals surface area (Å²) in [5.41, 5.74) is 0.935. The number of unbranched alkanes of at least 4 members (excludes halogenated alkanes) is 1. The number of carboxylic acid groups (broad SMARTS) is 1. The molecular formula is C25H39N5O13. The zero-order valence-electron chi connectivity index (χ0n) is 23.4. The number of hydrogen-bond acceptors (Lipinski definition) is 15. The van der Waals surface area contributed by atoms with E-state index < -0.39 is 59.6 Å². The lowest BCUT2D eigenvalue weighted by molar-refractivity contribution is -0.503. The molecule has 0 saturated carbocycles. The molecule has 242 valence electrons. The number of hydrogen-bond donors (Lipinski definition) is 7. The van der Waals surface area contributed by atoms with Crippen LogP contribution in [-0.2, 0) is 40.0 Å². The van der Waals surface area contributed by atoms with E-state index in [0.717, 1.165) is 5.56 Å². The minimum absolute atomic E-state index is 0.137. The second kappa shape index (κ2) is 19.7. The van der Waals surface area contributed by atoms with Crippen molar-refractivity contribution in [3.05, 3.63) is 35.9 Å². The van der Waals surface area contributed by atoms with Gasteiger partial charge in [-0.1, -0.05) is 30.3 Å². The number of carbonyl (C=O) groups is 4. The molecule has 2 amide bonds. The molecule has 1 aliphatic heterocycles. The van der Waals surface area contributed by atoms with Crippen LogP contribution < -0.4 is 10.6 Å². The van der Waals surface area contributed by atoms with Gasteiger partial charge in [-0.3, -0.25) is 35.7 Å². The minimum Gasteiger partial charge on any atom is -0.480 e. The molecule has 7 N–H and O–H groups in total. The number of likely N-dealkylation sites (tertiary alicyclic amines) is 1. The van der Waals surface area contributed by atoms with Crippen molar-refractivity contribution in [2.75, 3.05) is 33.1 Å². The quantitative estimate of drug-likeness (QED) is 0.0454. The number of ether oxygens (including phenoxy) is 2. The highest BCUT2D eigenvalue weighted by molar-refractivity contribution is 5.88. The lowest BCUT2D eigenvalue weighted by Gasteiger charge is -2.30. The van der Waals surface area contributed by atoms with Crippen molar-refractivity contribution in [1.82, 2.24) is 26.3 Å². The molecule has 0 aliphatic carbocycles. The maximum atomic E-state index is 13.7. The molecule has 0 spiro atoms. The molecule has 0 bridgehead atoms. The number of benzene rings is 1. The molecule has 1 aliphatic rings. The van der Waals surface area contributed by atoms with E-state index in [2.05, 4.69) is 25.0 Å². The largest absolute Gasteiger partial charge is 0.480 e. The minimum atomic E-state index is -1.14. The molecule has 1 aromatic rings. The van der Waals surface area contributed by atoms with E-state index in [1.807, 2.05) is 30.3 Å². The summed E-state index contributed by atoms with van der Waals surface area (Å²) in [4.78, 5) is 59.9. The highest BCUT2D eigenvalue weighted by Gasteiger charge is 2.39. The van der Waals surface area contributed by atoms with Crippen LogP contribution in [0.1, 0.15) is 44.1 Å². The number of nitrogens with zero attached hydrogens (tertiary/aromatic N) is 3. The van der Waals surface area contributed by atoms with Crippen molar-refractivity contribution in [2.24, 2.45) is 0 Å². The summed E-state index contributed by atoms with van der Waals surface area (Å²) >= 11 is 0. The number of nitrogens with one attached hydrogen (secondary N) is 2. The maximum absolute atomic E-state index is 13.7. The van der Waals surface area contributed by atoms with Crippen molar-refractivity contribution in [1.29, 1.82) is 0 Å². The van der Waals surface area contributed by atoms with Gasteiger partial charge in [-0.15, -0.1) is 0 Å². The van der Waals surface area contributed by atoms with Crippen LogP contribution in [0.25, 0.3) is 0 Å². The van der Waals surface area contributed by atoms with E-state index in [4.69, 9.17) is 25.6 Å². The Bertz CT molecular complexity index is 1000. The Hall–Kier alpha value is -3.46. The third kappa shape index (κ3) is 14.0. The number of rotatable bonds is 20. The van der Waals surface area contributed by atoms with Gasteiger partial charge in [0.05, 0.1) is 16.8 Å². The van der Waals surface area contributed by atoms with Gasteiger partial charge < -0.3 is 24.8 Å². The first kappa shape index (κ1) is 35.7. The Morgan fingerprint density at radius 1 is 0.930 bits per heavy atom. The first-order valence-electron chi connectivity index (χ1n) is 13.6. The van der Waals surface area contributed by atoms with Gasteiger partial charge in [-0.2, -0.15) is 0 Å². The van der Waals surface area contributed by atoms with Crippen LogP contribution in [0.2, 0.25) is 0 Å². The fourth-order valence-corrected chi connectivity index (χ4v) is 4.43. The fraction of sp³-hybridized carbons (Fsp3) is 0.600. The van der Waals surface area contributed by atoms with Gasteiger partial charge in [0.15, 0.2) is 0 Å². The average Bonchev–Trinajstić information content (AvgIpc) is 3.46. The standard InChI is InChI=1S/C25H39N5O13/c31-22(28-14-6-10-21(28)24(34)40-15-16-42-29(36)37)19(9-4-5-13-26-25(35)41-17-43-30(38)39)27-20(23(32)33)12-11-18-7-2-1-3-8-18/h1-3,7-8,19-21,27,36-39H,4-6,9-17H2,(H,26,35)(H,32,33). The second-order valence-electron chi connectivity index (χ2n) is 9.43. The average molecular weight is 618 g/mol. The molecule has 18 nitrogen and oxygen atoms in total. The Kier molecular flexibility index (Phi) is 16.4. The molecule has 1 aromatic carbocycles. The molecule has 18 heteroatoms. The first-order valence-corrected chi connectivity index (χ1v) is 13.6. The summed E-state index contributed by atoms with van der Waals surface area (Å²) in [7, 11) is 0. The van der Waals surface area contributed by atoms with Crippen LogP contribution in [0.3, 0.4) is 0 Å². The zero-order chi connectivity index (χ0) is 31.6. The molecule has 1 heterocycles. The van der Waals surface area contributed by atoms with Crippen molar-refractivity contribution in [3.8, 4) is 0 Å². The number of carbonyl (C=O) groups excluding carboxylic acids is 3. The normalized spacial score (nSPS) is 16.2. The third-order valence-corrected chi connectivity index (χ3v) is 6.45. The molecule has 0 aromatic heterocycles. The Morgan fingerprint density at radius 2 is 1.65 bits per heavy atom. The van der Waals surface area contributed by atoms with E-state index >= 15 is 0 Å². The van der Waals surface area contributed by atoms with E-state index in [0.29, 0.717) is 32.1 Å². The third-order valence-electron chi connectivity index (χ3n) is 6.45. The molecule has 1 saturated heterocycles. The van der Waals surface area contributed by atoms with Gasteiger partial charge in [0.2, 0.25) is 12.7 Å². The van der Waals surface area contributed by atoms with Gasteiger partial charge in [0, 0.05) is 13.1 Å². The van der Waals surface area contributed by atoms with Crippen LogP contribution >= 0.6 is 0 Å². The van der Waals surface area contributed by atoms with Crippen molar-refractivity contribution in [2.45, 2.75) is 63.1 Å². The molecule has 2 rings (SSSR count). The predicted octanol–water partition coefficient (Wildman–Crippen LogP) is 0.443. The van der Waals surface area contributed by atoms with Crippen LogP contribution in [0.5, 0.6) is 0 Å². The summed E-state index contributed by atoms with van der Waals surface area (Å²) in [5, 5.41) is 48.2. The number of aryl methyl sites for hydroxylation is 1. The first-order chi connectivity index (χ1) is 20.6. The van der Waals surface area contributed by atoms with Gasteiger partial charge in [-0.05, 0) is 50.5 Å². The summed E-state index contributed by atoms with van der Waals surface area (Å²) in [5.74, 6) is -2.31. The molecule has 1 fully saturated rings.